The number of aryl methyl sites for hydroxylation is 1. The fourth-order valence-corrected chi connectivity index (χ4v) is 4.71. The lowest BCUT2D eigenvalue weighted by Gasteiger charge is -2.21. The lowest BCUT2D eigenvalue weighted by Crippen LogP contribution is -2.18. The number of benzene rings is 3. The lowest BCUT2D eigenvalue weighted by atomic mass is 10.1. The average Bonchev–Trinajstić information content (AvgIpc) is 3.15. The molecular formula is C27H25NO4S. The topological polar surface area (TPSA) is 70.8 Å². The predicted octanol–water partition coefficient (Wildman–Crippen LogP) is 6.39. The zero-order valence-electron chi connectivity index (χ0n) is 18.6. The molecule has 0 unspecified atom stereocenters. The maximum absolute atomic E-state index is 11.6. The molecule has 0 fully saturated rings. The van der Waals surface area contributed by atoms with Gasteiger partial charge in [-0.2, -0.15) is 0 Å². The summed E-state index contributed by atoms with van der Waals surface area (Å²) in [6.07, 6.45) is 0.898. The number of fused-ring (bicyclic) bond motifs is 1. The highest BCUT2D eigenvalue weighted by atomic mass is 32.2. The van der Waals surface area contributed by atoms with Crippen molar-refractivity contribution in [2.75, 3.05) is 6.54 Å². The minimum Gasteiger partial charge on any atom is -0.475 e. The number of carbonyl (C=O) groups is 2. The van der Waals surface area contributed by atoms with Crippen LogP contribution in [0.4, 0.5) is 0 Å². The number of ketones is 1. The number of hydrogen-bond acceptors (Lipinski definition) is 5. The van der Waals surface area contributed by atoms with Gasteiger partial charge in [0.1, 0.15) is 5.58 Å². The molecule has 168 valence electrons. The number of furan rings is 1. The normalized spacial score (nSPS) is 11.2. The Morgan fingerprint density at radius 3 is 2.36 bits per heavy atom. The Kier molecular flexibility index (Phi) is 6.96. The molecule has 0 bridgehead atoms. The van der Waals surface area contributed by atoms with E-state index in [-0.39, 0.29) is 11.5 Å². The molecule has 0 spiro atoms. The summed E-state index contributed by atoms with van der Waals surface area (Å²) >= 11 is 1.63. The van der Waals surface area contributed by atoms with Gasteiger partial charge in [-0.25, -0.2) is 9.10 Å². The highest BCUT2D eigenvalue weighted by Crippen LogP contribution is 2.32. The standard InChI is InChI=1S/C27H25NO4S/c1-18-24-16-23(12-13-25(24)32-26(18)27(30)31)33-28(15-14-20-6-4-3-5-7-20)17-21-8-10-22(11-9-21)19(2)29/h3-13,16H,14-15,17H2,1-2H3,(H,30,31). The smallest absolute Gasteiger partial charge is 0.372 e. The van der Waals surface area contributed by atoms with Gasteiger partial charge in [-0.1, -0.05) is 54.6 Å². The number of carboxylic acid groups (broad SMARTS) is 1. The van der Waals surface area contributed by atoms with Crippen LogP contribution in [-0.4, -0.2) is 27.7 Å². The van der Waals surface area contributed by atoms with Gasteiger partial charge in [-0.05, 0) is 61.5 Å². The molecule has 4 aromatic rings. The molecule has 0 amide bonds. The third-order valence-corrected chi connectivity index (χ3v) is 6.58. The fraction of sp³-hybridized carbons (Fsp3) is 0.185. The summed E-state index contributed by atoms with van der Waals surface area (Å²) in [7, 11) is 0. The molecule has 0 aliphatic rings. The Morgan fingerprint density at radius 1 is 0.970 bits per heavy atom. The molecule has 0 atom stereocenters. The van der Waals surface area contributed by atoms with Crippen LogP contribution in [0.3, 0.4) is 0 Å². The predicted molar refractivity (Wildman–Crippen MR) is 131 cm³/mol. The van der Waals surface area contributed by atoms with Crippen molar-refractivity contribution in [2.24, 2.45) is 0 Å². The third kappa shape index (κ3) is 5.53. The van der Waals surface area contributed by atoms with Crippen molar-refractivity contribution in [3.63, 3.8) is 0 Å². The van der Waals surface area contributed by atoms with E-state index in [2.05, 4.69) is 16.4 Å². The minimum atomic E-state index is -1.06. The molecule has 6 heteroatoms. The summed E-state index contributed by atoms with van der Waals surface area (Å²) in [5.74, 6) is -1.02. The van der Waals surface area contributed by atoms with Crippen LogP contribution in [0.2, 0.25) is 0 Å². The number of Topliss-reactive ketones (excluding diaryl/α,β-unsaturated/α-hetero) is 1. The number of carboxylic acids is 1. The first-order valence-electron chi connectivity index (χ1n) is 10.7. The summed E-state index contributed by atoms with van der Waals surface area (Å²) in [6, 6.07) is 23.8. The van der Waals surface area contributed by atoms with Crippen molar-refractivity contribution < 1.29 is 19.1 Å². The van der Waals surface area contributed by atoms with E-state index >= 15 is 0 Å². The quantitative estimate of drug-likeness (QED) is 0.231. The molecule has 0 aliphatic heterocycles. The van der Waals surface area contributed by atoms with Gasteiger partial charge in [0.15, 0.2) is 5.78 Å². The van der Waals surface area contributed by atoms with Crippen LogP contribution in [0, 0.1) is 6.92 Å². The summed E-state index contributed by atoms with van der Waals surface area (Å²) in [6.45, 7) is 4.87. The largest absolute Gasteiger partial charge is 0.475 e. The van der Waals surface area contributed by atoms with Crippen LogP contribution in [0.25, 0.3) is 11.0 Å². The monoisotopic (exact) mass is 459 g/mol. The summed E-state index contributed by atoms with van der Waals surface area (Å²) in [4.78, 5) is 24.0. The van der Waals surface area contributed by atoms with Crippen molar-refractivity contribution in [1.29, 1.82) is 0 Å². The van der Waals surface area contributed by atoms with E-state index in [0.717, 1.165) is 28.8 Å². The molecule has 3 aromatic carbocycles. The summed E-state index contributed by atoms with van der Waals surface area (Å²) < 4.78 is 7.78. The van der Waals surface area contributed by atoms with E-state index in [1.807, 2.05) is 60.7 Å². The maximum atomic E-state index is 11.6. The number of aromatic carboxylic acids is 1. The molecule has 0 saturated heterocycles. The second-order valence-corrected chi connectivity index (χ2v) is 9.13. The highest BCUT2D eigenvalue weighted by Gasteiger charge is 2.18. The van der Waals surface area contributed by atoms with E-state index < -0.39 is 5.97 Å². The van der Waals surface area contributed by atoms with E-state index in [1.165, 1.54) is 5.56 Å². The summed E-state index contributed by atoms with van der Waals surface area (Å²) in [5, 5.41) is 10.2. The molecule has 0 aliphatic carbocycles. The molecule has 1 aromatic heterocycles. The van der Waals surface area contributed by atoms with Crippen LogP contribution in [0.15, 0.2) is 82.1 Å². The van der Waals surface area contributed by atoms with Gasteiger partial charge in [-0.3, -0.25) is 4.79 Å². The average molecular weight is 460 g/mol. The van der Waals surface area contributed by atoms with Crippen molar-refractivity contribution in [3.8, 4) is 0 Å². The maximum Gasteiger partial charge on any atom is 0.372 e. The van der Waals surface area contributed by atoms with Gasteiger partial charge in [0.25, 0.3) is 0 Å². The number of nitrogens with zero attached hydrogens (tertiary/aromatic N) is 1. The van der Waals surface area contributed by atoms with E-state index in [0.29, 0.717) is 23.3 Å². The molecule has 0 saturated carbocycles. The molecular weight excluding hydrogens is 434 g/mol. The van der Waals surface area contributed by atoms with Gasteiger partial charge < -0.3 is 9.52 Å². The first-order chi connectivity index (χ1) is 15.9. The Balaban J connectivity index is 1.57. The van der Waals surface area contributed by atoms with Crippen molar-refractivity contribution in [2.45, 2.75) is 31.7 Å². The molecule has 1 heterocycles. The lowest BCUT2D eigenvalue weighted by molar-refractivity contribution is 0.0663. The van der Waals surface area contributed by atoms with Crippen molar-refractivity contribution in [3.05, 3.63) is 101 Å². The highest BCUT2D eigenvalue weighted by molar-refractivity contribution is 7.97. The fourth-order valence-electron chi connectivity index (χ4n) is 3.71. The van der Waals surface area contributed by atoms with E-state index in [9.17, 15) is 14.7 Å². The molecule has 1 N–H and O–H groups in total. The van der Waals surface area contributed by atoms with Gasteiger partial charge in [0.05, 0.1) is 0 Å². The minimum absolute atomic E-state index is 0.0151. The molecule has 33 heavy (non-hydrogen) atoms. The van der Waals surface area contributed by atoms with Crippen LogP contribution in [0.5, 0.6) is 0 Å². The first-order valence-corrected chi connectivity index (χ1v) is 11.5. The van der Waals surface area contributed by atoms with Gasteiger partial charge in [-0.15, -0.1) is 0 Å². The zero-order valence-corrected chi connectivity index (χ0v) is 19.4. The third-order valence-electron chi connectivity index (χ3n) is 5.55. The molecule has 0 radical (unpaired) electrons. The molecule has 5 nitrogen and oxygen atoms in total. The zero-order chi connectivity index (χ0) is 23.4. The van der Waals surface area contributed by atoms with Crippen LogP contribution < -0.4 is 0 Å². The molecule has 4 rings (SSSR count). The summed E-state index contributed by atoms with van der Waals surface area (Å²) in [5.41, 5.74) is 4.30. The van der Waals surface area contributed by atoms with Crippen LogP contribution in [-0.2, 0) is 13.0 Å². The van der Waals surface area contributed by atoms with Crippen molar-refractivity contribution in [1.82, 2.24) is 4.31 Å². The van der Waals surface area contributed by atoms with Crippen LogP contribution in [0.1, 0.15) is 44.5 Å². The SMILES string of the molecule is CC(=O)c1ccc(CN(CCc2ccccc2)Sc2ccc3oc(C(=O)O)c(C)c3c2)cc1. The Bertz CT molecular complexity index is 1280. The second kappa shape index (κ2) is 10.1. The van der Waals surface area contributed by atoms with E-state index in [4.69, 9.17) is 4.42 Å². The van der Waals surface area contributed by atoms with Gasteiger partial charge >= 0.3 is 5.97 Å². The second-order valence-electron chi connectivity index (χ2n) is 7.96. The van der Waals surface area contributed by atoms with Crippen LogP contribution >= 0.6 is 11.9 Å². The van der Waals surface area contributed by atoms with Gasteiger partial charge in [0.2, 0.25) is 5.76 Å². The Morgan fingerprint density at radius 2 is 1.70 bits per heavy atom. The first kappa shape index (κ1) is 22.8. The number of carbonyl (C=O) groups excluding carboxylic acids is 1. The Hall–Kier alpha value is -3.35. The van der Waals surface area contributed by atoms with E-state index in [1.54, 1.807) is 25.8 Å². The number of hydrogen-bond donors (Lipinski definition) is 1. The van der Waals surface area contributed by atoms with Gasteiger partial charge in [0, 0.05) is 34.5 Å². The van der Waals surface area contributed by atoms with Crippen molar-refractivity contribution >= 4 is 34.7 Å². The number of rotatable bonds is 9. The Labute approximate surface area is 197 Å².